The second-order valence-corrected chi connectivity index (χ2v) is 7.75. The number of esters is 1. The molecule has 0 unspecified atom stereocenters. The van der Waals surface area contributed by atoms with E-state index in [1.165, 1.54) is 16.2 Å². The Balaban J connectivity index is 1.68. The highest BCUT2D eigenvalue weighted by molar-refractivity contribution is 7.16. The van der Waals surface area contributed by atoms with Crippen LogP contribution in [0.4, 0.5) is 0 Å². The number of aromatic nitrogens is 1. The van der Waals surface area contributed by atoms with Gasteiger partial charge in [0, 0.05) is 24.3 Å². The van der Waals surface area contributed by atoms with Gasteiger partial charge in [-0.3, -0.25) is 9.36 Å². The second kappa shape index (κ2) is 8.33. The number of carbonyl (C=O) groups is 2. The number of carbonyl (C=O) groups excluding carboxylic acids is 2. The molecule has 0 aliphatic carbocycles. The largest absolute Gasteiger partial charge is 0.452 e. The molecule has 0 atom stereocenters. The van der Waals surface area contributed by atoms with E-state index in [0.717, 1.165) is 4.88 Å². The first kappa shape index (κ1) is 19.7. The molecule has 3 aromatic heterocycles. The number of nitriles is 1. The number of thiophene rings is 1. The van der Waals surface area contributed by atoms with Gasteiger partial charge in [0.2, 0.25) is 5.88 Å². The molecule has 3 aromatic rings. The van der Waals surface area contributed by atoms with Crippen LogP contribution in [-0.2, 0) is 16.1 Å². The molecular formula is C19H16ClN3O4S. The Kier molecular flexibility index (Phi) is 5.87. The third-order valence-electron chi connectivity index (χ3n) is 3.99. The minimum Gasteiger partial charge on any atom is -0.452 e. The molecule has 28 heavy (non-hydrogen) atoms. The number of nitrogens with zero attached hydrogens (tertiary/aromatic N) is 3. The lowest BCUT2D eigenvalue weighted by Crippen LogP contribution is -2.30. The Morgan fingerprint density at radius 1 is 1.36 bits per heavy atom. The zero-order chi connectivity index (χ0) is 20.3. The molecule has 0 fully saturated rings. The van der Waals surface area contributed by atoms with Gasteiger partial charge in [0.1, 0.15) is 23.0 Å². The van der Waals surface area contributed by atoms with Gasteiger partial charge in [-0.25, -0.2) is 4.79 Å². The molecular weight excluding hydrogens is 402 g/mol. The monoisotopic (exact) mass is 417 g/mol. The third-order valence-corrected chi connectivity index (χ3v) is 5.21. The van der Waals surface area contributed by atoms with Crippen LogP contribution in [0, 0.1) is 18.3 Å². The molecule has 0 bridgehead atoms. The fourth-order valence-corrected chi connectivity index (χ4v) is 3.74. The highest BCUT2D eigenvalue weighted by Gasteiger charge is 2.26. The van der Waals surface area contributed by atoms with Gasteiger partial charge in [-0.15, -0.1) is 11.3 Å². The van der Waals surface area contributed by atoms with E-state index in [0.29, 0.717) is 10.9 Å². The number of aryl methyl sites for hydroxylation is 1. The van der Waals surface area contributed by atoms with E-state index >= 15 is 0 Å². The summed E-state index contributed by atoms with van der Waals surface area (Å²) in [6, 6.07) is 9.11. The minimum atomic E-state index is -0.780. The number of ether oxygens (including phenoxy) is 1. The molecule has 0 aliphatic heterocycles. The Hall–Kier alpha value is -3.02. The normalized spacial score (nSPS) is 10.5. The zero-order valence-corrected chi connectivity index (χ0v) is 16.7. The van der Waals surface area contributed by atoms with E-state index < -0.39 is 12.6 Å². The van der Waals surface area contributed by atoms with Crippen LogP contribution in [0.5, 0.6) is 0 Å². The summed E-state index contributed by atoms with van der Waals surface area (Å²) in [5.74, 6) is -0.672. The van der Waals surface area contributed by atoms with Crippen molar-refractivity contribution in [2.45, 2.75) is 13.5 Å². The van der Waals surface area contributed by atoms with Crippen LogP contribution in [0.2, 0.25) is 4.34 Å². The Bertz CT molecular complexity index is 1050. The summed E-state index contributed by atoms with van der Waals surface area (Å²) in [6.45, 7) is 1.49. The van der Waals surface area contributed by atoms with Crippen LogP contribution in [0.25, 0.3) is 5.88 Å². The van der Waals surface area contributed by atoms with Crippen molar-refractivity contribution < 1.29 is 18.7 Å². The molecule has 9 heteroatoms. The molecule has 1 amide bonds. The smallest absolute Gasteiger partial charge is 0.343 e. The van der Waals surface area contributed by atoms with Crippen LogP contribution in [0.15, 0.2) is 41.1 Å². The van der Waals surface area contributed by atoms with Crippen LogP contribution < -0.4 is 0 Å². The number of rotatable bonds is 6. The lowest BCUT2D eigenvalue weighted by molar-refractivity contribution is -0.133. The summed E-state index contributed by atoms with van der Waals surface area (Å²) in [6.07, 6.45) is 3.40. The third kappa shape index (κ3) is 4.11. The van der Waals surface area contributed by atoms with E-state index in [4.69, 9.17) is 20.8 Å². The molecule has 3 rings (SSSR count). The summed E-state index contributed by atoms with van der Waals surface area (Å²) < 4.78 is 12.9. The number of likely N-dealkylation sites (N-methyl/N-ethyl adjacent to an activating group) is 1. The standard InChI is InChI=1S/C19H16ClN3O4S/c1-12-17(14(9-21)18(27-12)23-7-3-4-8-23)19(25)26-11-16(24)22(2)10-13-5-6-15(20)28-13/h3-8H,10-11H2,1-2H3. The Morgan fingerprint density at radius 2 is 2.07 bits per heavy atom. The molecule has 3 heterocycles. The number of halogens is 1. The SMILES string of the molecule is Cc1oc(-n2cccc2)c(C#N)c1C(=O)OCC(=O)N(C)Cc1ccc(Cl)s1. The first-order chi connectivity index (χ1) is 13.4. The molecule has 0 N–H and O–H groups in total. The molecule has 0 spiro atoms. The quantitative estimate of drug-likeness (QED) is 0.569. The van der Waals surface area contributed by atoms with Gasteiger partial charge in [0.15, 0.2) is 6.61 Å². The van der Waals surface area contributed by atoms with E-state index in [-0.39, 0.29) is 28.7 Å². The van der Waals surface area contributed by atoms with Crippen molar-refractivity contribution in [3.63, 3.8) is 0 Å². The van der Waals surface area contributed by atoms with E-state index in [9.17, 15) is 14.9 Å². The molecule has 144 valence electrons. The first-order valence-electron chi connectivity index (χ1n) is 8.22. The van der Waals surface area contributed by atoms with Gasteiger partial charge >= 0.3 is 5.97 Å². The number of amides is 1. The van der Waals surface area contributed by atoms with Crippen LogP contribution >= 0.6 is 22.9 Å². The van der Waals surface area contributed by atoms with Gasteiger partial charge in [-0.1, -0.05) is 11.6 Å². The molecule has 0 saturated heterocycles. The van der Waals surface area contributed by atoms with Gasteiger partial charge < -0.3 is 14.1 Å². The minimum absolute atomic E-state index is 0.0201. The highest BCUT2D eigenvalue weighted by atomic mass is 35.5. The zero-order valence-electron chi connectivity index (χ0n) is 15.1. The van der Waals surface area contributed by atoms with E-state index in [1.54, 1.807) is 49.1 Å². The fraction of sp³-hybridized carbons (Fsp3) is 0.211. The van der Waals surface area contributed by atoms with E-state index in [1.807, 2.05) is 12.1 Å². The Labute approximate surface area is 170 Å². The predicted molar refractivity (Wildman–Crippen MR) is 104 cm³/mol. The number of hydrogen-bond donors (Lipinski definition) is 0. The predicted octanol–water partition coefficient (Wildman–Crippen LogP) is 3.78. The van der Waals surface area contributed by atoms with Crippen molar-refractivity contribution in [3.05, 3.63) is 62.8 Å². The molecule has 0 aromatic carbocycles. The van der Waals surface area contributed by atoms with Crippen molar-refractivity contribution >= 4 is 34.8 Å². The average molecular weight is 418 g/mol. The molecule has 0 saturated carbocycles. The maximum absolute atomic E-state index is 12.5. The van der Waals surface area contributed by atoms with Crippen molar-refractivity contribution in [2.24, 2.45) is 0 Å². The van der Waals surface area contributed by atoms with Gasteiger partial charge in [-0.2, -0.15) is 5.26 Å². The summed E-state index contributed by atoms with van der Waals surface area (Å²) >= 11 is 7.26. The summed E-state index contributed by atoms with van der Waals surface area (Å²) in [4.78, 5) is 27.1. The maximum atomic E-state index is 12.5. The number of furan rings is 1. The van der Waals surface area contributed by atoms with Crippen molar-refractivity contribution in [2.75, 3.05) is 13.7 Å². The van der Waals surface area contributed by atoms with Gasteiger partial charge in [-0.05, 0) is 31.2 Å². The molecule has 0 aliphatic rings. The lowest BCUT2D eigenvalue weighted by Gasteiger charge is -2.16. The molecule has 0 radical (unpaired) electrons. The van der Waals surface area contributed by atoms with Crippen LogP contribution in [0.3, 0.4) is 0 Å². The second-order valence-electron chi connectivity index (χ2n) is 5.95. The first-order valence-corrected chi connectivity index (χ1v) is 9.42. The van der Waals surface area contributed by atoms with Crippen LogP contribution in [-0.4, -0.2) is 35.0 Å². The fourth-order valence-electron chi connectivity index (χ4n) is 2.60. The summed E-state index contributed by atoms with van der Waals surface area (Å²) in [5.41, 5.74) is 0.0828. The highest BCUT2D eigenvalue weighted by Crippen LogP contribution is 2.26. The number of hydrogen-bond acceptors (Lipinski definition) is 6. The average Bonchev–Trinajstić information content (AvgIpc) is 3.39. The molecule has 7 nitrogen and oxygen atoms in total. The Morgan fingerprint density at radius 3 is 2.68 bits per heavy atom. The topological polar surface area (TPSA) is 88.5 Å². The van der Waals surface area contributed by atoms with Gasteiger partial charge in [0.25, 0.3) is 5.91 Å². The van der Waals surface area contributed by atoms with Crippen molar-refractivity contribution in [1.82, 2.24) is 9.47 Å². The summed E-state index contributed by atoms with van der Waals surface area (Å²) in [5, 5.41) is 9.48. The van der Waals surface area contributed by atoms with Crippen LogP contribution in [0.1, 0.15) is 26.6 Å². The van der Waals surface area contributed by atoms with Crippen molar-refractivity contribution in [1.29, 1.82) is 5.26 Å². The van der Waals surface area contributed by atoms with E-state index in [2.05, 4.69) is 0 Å². The maximum Gasteiger partial charge on any atom is 0.343 e. The summed E-state index contributed by atoms with van der Waals surface area (Å²) in [7, 11) is 1.61. The van der Waals surface area contributed by atoms with Crippen molar-refractivity contribution in [3.8, 4) is 12.0 Å². The lowest BCUT2D eigenvalue weighted by atomic mass is 10.1. The van der Waals surface area contributed by atoms with Gasteiger partial charge in [0.05, 0.1) is 10.9 Å².